The molecule has 1 aliphatic rings. The molecule has 1 aliphatic carbocycles. The Morgan fingerprint density at radius 3 is 2.23 bits per heavy atom. The van der Waals surface area contributed by atoms with Crippen LogP contribution in [0.15, 0.2) is 0 Å². The predicted octanol–water partition coefficient (Wildman–Crippen LogP) is 4.05. The highest BCUT2D eigenvalue weighted by Gasteiger charge is 2.24. The van der Waals surface area contributed by atoms with Crippen LogP contribution < -0.4 is 5.32 Å². The maximum absolute atomic E-state index is 12.2. The quantitative estimate of drug-likeness (QED) is 0.804. The first-order valence-electron chi connectivity index (χ1n) is 8.92. The Kier molecular flexibility index (Phi) is 7.67. The van der Waals surface area contributed by atoms with Crippen LogP contribution >= 0.6 is 0 Å². The van der Waals surface area contributed by atoms with Crippen molar-refractivity contribution in [3.8, 4) is 0 Å². The van der Waals surface area contributed by atoms with Crippen LogP contribution in [0.5, 0.6) is 0 Å². The smallest absolute Gasteiger partial charge is 0.410 e. The van der Waals surface area contributed by atoms with E-state index in [0.717, 1.165) is 37.9 Å². The minimum absolute atomic E-state index is 0.193. The Hall–Kier alpha value is -0.770. The zero-order valence-corrected chi connectivity index (χ0v) is 15.4. The van der Waals surface area contributed by atoms with Gasteiger partial charge in [0.2, 0.25) is 0 Å². The zero-order valence-electron chi connectivity index (χ0n) is 15.4. The largest absolute Gasteiger partial charge is 0.444 e. The molecule has 0 spiro atoms. The lowest BCUT2D eigenvalue weighted by atomic mass is 9.80. The van der Waals surface area contributed by atoms with E-state index in [2.05, 4.69) is 26.1 Å². The molecule has 1 amide bonds. The van der Waals surface area contributed by atoms with Crippen molar-refractivity contribution >= 4 is 6.09 Å². The Morgan fingerprint density at radius 1 is 1.14 bits per heavy atom. The maximum atomic E-state index is 12.2. The van der Waals surface area contributed by atoms with Gasteiger partial charge in [0.05, 0.1) is 0 Å². The summed E-state index contributed by atoms with van der Waals surface area (Å²) in [4.78, 5) is 14.0. The summed E-state index contributed by atoms with van der Waals surface area (Å²) in [5.41, 5.74) is -0.426. The molecule has 130 valence electrons. The van der Waals surface area contributed by atoms with Gasteiger partial charge in [-0.3, -0.25) is 0 Å². The fourth-order valence-corrected chi connectivity index (χ4v) is 3.41. The molecule has 1 rings (SSSR count). The average molecular weight is 312 g/mol. The number of nitrogens with one attached hydrogen (secondary N) is 1. The highest BCUT2D eigenvalue weighted by molar-refractivity contribution is 5.68. The first-order chi connectivity index (χ1) is 10.2. The molecule has 4 heteroatoms. The number of rotatable bonds is 6. The highest BCUT2D eigenvalue weighted by Crippen LogP contribution is 2.28. The molecular formula is C18H36N2O2. The lowest BCUT2D eigenvalue weighted by molar-refractivity contribution is 0.0249. The summed E-state index contributed by atoms with van der Waals surface area (Å²) in [6.07, 6.45) is 4.62. The van der Waals surface area contributed by atoms with Gasteiger partial charge in [-0.1, -0.05) is 20.8 Å². The van der Waals surface area contributed by atoms with E-state index in [9.17, 15) is 4.79 Å². The van der Waals surface area contributed by atoms with Crippen molar-refractivity contribution in [1.29, 1.82) is 0 Å². The molecule has 1 N–H and O–H groups in total. The van der Waals surface area contributed by atoms with Gasteiger partial charge >= 0.3 is 6.09 Å². The van der Waals surface area contributed by atoms with Crippen molar-refractivity contribution in [2.24, 2.45) is 11.8 Å². The number of hydrogen-bond acceptors (Lipinski definition) is 3. The summed E-state index contributed by atoms with van der Waals surface area (Å²) >= 11 is 0. The second-order valence-corrected chi connectivity index (χ2v) is 8.04. The van der Waals surface area contributed by atoms with E-state index in [4.69, 9.17) is 4.74 Å². The lowest BCUT2D eigenvalue weighted by Crippen LogP contribution is -2.44. The van der Waals surface area contributed by atoms with Crippen LogP contribution in [-0.2, 0) is 4.74 Å². The first-order valence-corrected chi connectivity index (χ1v) is 8.92. The topological polar surface area (TPSA) is 41.6 Å². The monoisotopic (exact) mass is 312 g/mol. The van der Waals surface area contributed by atoms with E-state index >= 15 is 0 Å². The van der Waals surface area contributed by atoms with Crippen LogP contribution in [-0.4, -0.2) is 42.3 Å². The van der Waals surface area contributed by atoms with E-state index in [-0.39, 0.29) is 6.09 Å². The van der Waals surface area contributed by atoms with Crippen molar-refractivity contribution in [1.82, 2.24) is 10.2 Å². The molecular weight excluding hydrogens is 276 g/mol. The number of ether oxygens (including phenoxy) is 1. The van der Waals surface area contributed by atoms with Crippen LogP contribution in [0.3, 0.4) is 0 Å². The normalized spacial score (nSPS) is 25.8. The molecule has 2 atom stereocenters. The SMILES string of the molecule is CCCN(CCNC1CC(C)CC(C)C1)C(=O)OC(C)(C)C. The fourth-order valence-electron chi connectivity index (χ4n) is 3.41. The number of amides is 1. The Labute approximate surface area is 137 Å². The Balaban J connectivity index is 2.39. The minimum Gasteiger partial charge on any atom is -0.444 e. The molecule has 22 heavy (non-hydrogen) atoms. The molecule has 0 saturated heterocycles. The average Bonchev–Trinajstić information content (AvgIpc) is 2.34. The van der Waals surface area contributed by atoms with Gasteiger partial charge < -0.3 is 15.0 Å². The highest BCUT2D eigenvalue weighted by atomic mass is 16.6. The van der Waals surface area contributed by atoms with Gasteiger partial charge in [0.1, 0.15) is 5.60 Å². The second-order valence-electron chi connectivity index (χ2n) is 8.04. The van der Waals surface area contributed by atoms with Gasteiger partial charge in [-0.05, 0) is 58.3 Å². The minimum atomic E-state index is -0.426. The number of hydrogen-bond donors (Lipinski definition) is 1. The number of carbonyl (C=O) groups is 1. The van der Waals surface area contributed by atoms with Crippen molar-refractivity contribution in [2.45, 2.75) is 78.9 Å². The Morgan fingerprint density at radius 2 is 1.73 bits per heavy atom. The van der Waals surface area contributed by atoms with Crippen LogP contribution in [0.1, 0.15) is 67.2 Å². The summed E-state index contributed by atoms with van der Waals surface area (Å²) < 4.78 is 5.49. The van der Waals surface area contributed by atoms with Gasteiger partial charge in [-0.15, -0.1) is 0 Å². The molecule has 0 aliphatic heterocycles. The van der Waals surface area contributed by atoms with Gasteiger partial charge in [0.25, 0.3) is 0 Å². The molecule has 0 aromatic carbocycles. The molecule has 1 fully saturated rings. The number of nitrogens with zero attached hydrogens (tertiary/aromatic N) is 1. The van der Waals surface area contributed by atoms with Gasteiger partial charge in [0, 0.05) is 25.7 Å². The molecule has 4 nitrogen and oxygen atoms in total. The summed E-state index contributed by atoms with van der Waals surface area (Å²) in [5.74, 6) is 1.61. The fraction of sp³-hybridized carbons (Fsp3) is 0.944. The van der Waals surface area contributed by atoms with Gasteiger partial charge in [-0.2, -0.15) is 0 Å². The summed E-state index contributed by atoms with van der Waals surface area (Å²) in [6.45, 7) is 14.9. The van der Waals surface area contributed by atoms with Crippen LogP contribution in [0, 0.1) is 11.8 Å². The van der Waals surface area contributed by atoms with E-state index in [0.29, 0.717) is 6.04 Å². The van der Waals surface area contributed by atoms with Crippen LogP contribution in [0.4, 0.5) is 4.79 Å². The zero-order chi connectivity index (χ0) is 16.8. The van der Waals surface area contributed by atoms with Crippen molar-refractivity contribution in [3.05, 3.63) is 0 Å². The van der Waals surface area contributed by atoms with E-state index in [1.807, 2.05) is 25.7 Å². The summed E-state index contributed by atoms with van der Waals surface area (Å²) in [7, 11) is 0. The Bertz CT molecular complexity index is 328. The third kappa shape index (κ3) is 7.48. The number of carbonyl (C=O) groups excluding carboxylic acids is 1. The standard InChI is InChI=1S/C18H36N2O2/c1-7-9-20(17(21)22-18(4,5)6)10-8-19-16-12-14(2)11-15(3)13-16/h14-16,19H,7-13H2,1-6H3. The first kappa shape index (κ1) is 19.3. The van der Waals surface area contributed by atoms with Crippen LogP contribution in [0.25, 0.3) is 0 Å². The third-order valence-electron chi connectivity index (χ3n) is 4.14. The maximum Gasteiger partial charge on any atom is 0.410 e. The van der Waals surface area contributed by atoms with Gasteiger partial charge in [-0.25, -0.2) is 4.79 Å². The molecule has 0 bridgehead atoms. The van der Waals surface area contributed by atoms with Crippen molar-refractivity contribution < 1.29 is 9.53 Å². The third-order valence-corrected chi connectivity index (χ3v) is 4.14. The van der Waals surface area contributed by atoms with Gasteiger partial charge in [0.15, 0.2) is 0 Å². The molecule has 2 unspecified atom stereocenters. The van der Waals surface area contributed by atoms with Crippen molar-refractivity contribution in [2.75, 3.05) is 19.6 Å². The second kappa shape index (κ2) is 8.76. The molecule has 0 radical (unpaired) electrons. The summed E-state index contributed by atoms with van der Waals surface area (Å²) in [5, 5.41) is 3.64. The van der Waals surface area contributed by atoms with E-state index in [1.165, 1.54) is 19.3 Å². The van der Waals surface area contributed by atoms with E-state index < -0.39 is 5.60 Å². The predicted molar refractivity (Wildman–Crippen MR) is 92.1 cm³/mol. The lowest BCUT2D eigenvalue weighted by Gasteiger charge is -2.33. The summed E-state index contributed by atoms with van der Waals surface area (Å²) in [6, 6.07) is 0.598. The van der Waals surface area contributed by atoms with E-state index in [1.54, 1.807) is 0 Å². The molecule has 0 aromatic heterocycles. The molecule has 0 aromatic rings. The van der Waals surface area contributed by atoms with Crippen molar-refractivity contribution in [3.63, 3.8) is 0 Å². The van der Waals surface area contributed by atoms with Crippen LogP contribution in [0.2, 0.25) is 0 Å². The molecule has 1 saturated carbocycles. The molecule has 0 heterocycles.